The Labute approximate surface area is 68.2 Å². The van der Waals surface area contributed by atoms with Crippen LogP contribution in [-0.4, -0.2) is 13.1 Å². The lowest BCUT2D eigenvalue weighted by Crippen LogP contribution is -2.12. The van der Waals surface area contributed by atoms with Crippen molar-refractivity contribution in [2.75, 3.05) is 7.11 Å². The molecule has 0 N–H and O–H groups in total. The summed E-state index contributed by atoms with van der Waals surface area (Å²) in [6, 6.07) is 0. The van der Waals surface area contributed by atoms with Gasteiger partial charge < -0.3 is 4.74 Å². The van der Waals surface area contributed by atoms with Crippen molar-refractivity contribution < 1.29 is 9.53 Å². The van der Waals surface area contributed by atoms with E-state index in [4.69, 9.17) is 0 Å². The first-order valence-electron chi connectivity index (χ1n) is 3.81. The summed E-state index contributed by atoms with van der Waals surface area (Å²) < 4.78 is 4.59. The van der Waals surface area contributed by atoms with Gasteiger partial charge in [0.15, 0.2) is 0 Å². The Morgan fingerprint density at radius 3 is 2.55 bits per heavy atom. The summed E-state index contributed by atoms with van der Waals surface area (Å²) in [7, 11) is 1.42. The van der Waals surface area contributed by atoms with Crippen LogP contribution in [0.4, 0.5) is 0 Å². The summed E-state index contributed by atoms with van der Waals surface area (Å²) >= 11 is 0. The van der Waals surface area contributed by atoms with Crippen molar-refractivity contribution in [1.82, 2.24) is 0 Å². The quantitative estimate of drug-likeness (QED) is 0.462. The number of esters is 1. The molecule has 0 aromatic rings. The molecule has 0 amide bonds. The number of carbonyl (C=O) groups excluding carboxylic acids is 1. The Morgan fingerprint density at radius 2 is 2.18 bits per heavy atom. The van der Waals surface area contributed by atoms with E-state index < -0.39 is 0 Å². The number of ether oxygens (including phenoxy) is 1. The molecule has 0 aliphatic rings. The van der Waals surface area contributed by atoms with Crippen LogP contribution in [-0.2, 0) is 9.53 Å². The number of methoxy groups -OCH3 is 1. The minimum Gasteiger partial charge on any atom is -0.469 e. The normalized spacial score (nSPS) is 14.4. The van der Waals surface area contributed by atoms with Gasteiger partial charge in [-0.05, 0) is 20.3 Å². The summed E-state index contributed by atoms with van der Waals surface area (Å²) in [4.78, 5) is 10.9. The molecule has 0 saturated carbocycles. The second kappa shape index (κ2) is 4.94. The maximum absolute atomic E-state index is 10.9. The first kappa shape index (κ1) is 10.2. The van der Waals surface area contributed by atoms with E-state index in [0.717, 1.165) is 6.42 Å². The van der Waals surface area contributed by atoms with E-state index in [1.54, 1.807) is 0 Å². The van der Waals surface area contributed by atoms with Crippen LogP contribution in [0.5, 0.6) is 0 Å². The number of allylic oxidation sites excluding steroid dienone is 2. The molecule has 0 saturated heterocycles. The zero-order chi connectivity index (χ0) is 8.85. The molecule has 0 aromatic heterocycles. The minimum atomic E-state index is -0.133. The molecule has 0 aromatic carbocycles. The van der Waals surface area contributed by atoms with Crippen LogP contribution >= 0.6 is 0 Å². The fourth-order valence-corrected chi connectivity index (χ4v) is 0.885. The average Bonchev–Trinajstić information content (AvgIpc) is 2.02. The SMILES string of the molecule is C/C=C(\C)C[C@@H](C)C(=O)OC. The number of hydrogen-bond donors (Lipinski definition) is 0. The Bertz CT molecular complexity index is 159. The third-order valence-electron chi connectivity index (χ3n) is 1.72. The highest BCUT2D eigenvalue weighted by atomic mass is 16.5. The van der Waals surface area contributed by atoms with Crippen molar-refractivity contribution in [3.63, 3.8) is 0 Å². The van der Waals surface area contributed by atoms with E-state index >= 15 is 0 Å². The van der Waals surface area contributed by atoms with Crippen molar-refractivity contribution in [2.24, 2.45) is 5.92 Å². The molecule has 64 valence electrons. The Kier molecular flexibility index (Phi) is 4.59. The third kappa shape index (κ3) is 3.81. The maximum atomic E-state index is 10.9. The van der Waals surface area contributed by atoms with Crippen molar-refractivity contribution in [3.05, 3.63) is 11.6 Å². The van der Waals surface area contributed by atoms with Gasteiger partial charge in [0.1, 0.15) is 0 Å². The number of rotatable bonds is 3. The second-order valence-corrected chi connectivity index (χ2v) is 2.76. The molecule has 0 aliphatic heterocycles. The van der Waals surface area contributed by atoms with Gasteiger partial charge in [-0.3, -0.25) is 4.79 Å². The van der Waals surface area contributed by atoms with Gasteiger partial charge in [-0.2, -0.15) is 0 Å². The molecule has 1 atom stereocenters. The molecule has 0 rings (SSSR count). The van der Waals surface area contributed by atoms with Crippen LogP contribution in [0, 0.1) is 5.92 Å². The van der Waals surface area contributed by atoms with Crippen LogP contribution in [0.25, 0.3) is 0 Å². The van der Waals surface area contributed by atoms with Crippen molar-refractivity contribution >= 4 is 5.97 Å². The Morgan fingerprint density at radius 1 is 1.64 bits per heavy atom. The molecule has 0 unspecified atom stereocenters. The Balaban J connectivity index is 3.87. The van der Waals surface area contributed by atoms with Crippen molar-refractivity contribution in [3.8, 4) is 0 Å². The molecule has 0 fully saturated rings. The second-order valence-electron chi connectivity index (χ2n) is 2.76. The lowest BCUT2D eigenvalue weighted by Gasteiger charge is -2.07. The van der Waals surface area contributed by atoms with Crippen LogP contribution < -0.4 is 0 Å². The zero-order valence-corrected chi connectivity index (χ0v) is 7.68. The van der Waals surface area contributed by atoms with Crippen LogP contribution in [0.1, 0.15) is 27.2 Å². The van der Waals surface area contributed by atoms with Gasteiger partial charge in [-0.15, -0.1) is 0 Å². The van der Waals surface area contributed by atoms with Gasteiger partial charge in [-0.25, -0.2) is 0 Å². The molecule has 2 heteroatoms. The highest BCUT2D eigenvalue weighted by Gasteiger charge is 2.12. The predicted molar refractivity (Wildman–Crippen MR) is 45.2 cm³/mol. The van der Waals surface area contributed by atoms with E-state index in [1.165, 1.54) is 12.7 Å². The molecule has 11 heavy (non-hydrogen) atoms. The first-order chi connectivity index (χ1) is 5.11. The van der Waals surface area contributed by atoms with Gasteiger partial charge in [0.2, 0.25) is 0 Å². The molecule has 0 aliphatic carbocycles. The number of hydrogen-bond acceptors (Lipinski definition) is 2. The predicted octanol–water partition coefficient (Wildman–Crippen LogP) is 2.15. The monoisotopic (exact) mass is 156 g/mol. The van der Waals surface area contributed by atoms with E-state index in [1.807, 2.05) is 26.8 Å². The van der Waals surface area contributed by atoms with Crippen molar-refractivity contribution in [1.29, 1.82) is 0 Å². The molecular formula is C9H16O2. The topological polar surface area (TPSA) is 26.3 Å². The van der Waals surface area contributed by atoms with Gasteiger partial charge >= 0.3 is 5.97 Å². The maximum Gasteiger partial charge on any atom is 0.308 e. The smallest absolute Gasteiger partial charge is 0.308 e. The minimum absolute atomic E-state index is 0.0174. The highest BCUT2D eigenvalue weighted by Crippen LogP contribution is 2.11. The first-order valence-corrected chi connectivity index (χ1v) is 3.81. The van der Waals surface area contributed by atoms with Crippen LogP contribution in [0.3, 0.4) is 0 Å². The molecule has 0 bridgehead atoms. The van der Waals surface area contributed by atoms with Crippen LogP contribution in [0.15, 0.2) is 11.6 Å². The van der Waals surface area contributed by atoms with Gasteiger partial charge in [0.25, 0.3) is 0 Å². The summed E-state index contributed by atoms with van der Waals surface area (Å²) in [5, 5.41) is 0. The number of carbonyl (C=O) groups is 1. The standard InChI is InChI=1S/C9H16O2/c1-5-7(2)6-8(3)9(10)11-4/h5,8H,6H2,1-4H3/b7-5+/t8-/m1/s1. The van der Waals surface area contributed by atoms with Gasteiger partial charge in [0.05, 0.1) is 13.0 Å². The Hall–Kier alpha value is -0.790. The molecule has 0 spiro atoms. The fraction of sp³-hybridized carbons (Fsp3) is 0.667. The molecule has 0 radical (unpaired) electrons. The summed E-state index contributed by atoms with van der Waals surface area (Å²) in [5.74, 6) is -0.151. The zero-order valence-electron chi connectivity index (χ0n) is 7.68. The summed E-state index contributed by atoms with van der Waals surface area (Å²) in [5.41, 5.74) is 1.22. The van der Waals surface area contributed by atoms with E-state index in [-0.39, 0.29) is 11.9 Å². The lowest BCUT2D eigenvalue weighted by atomic mass is 10.0. The summed E-state index contributed by atoms with van der Waals surface area (Å²) in [6.07, 6.45) is 2.81. The molecule has 2 nitrogen and oxygen atoms in total. The molecule has 0 heterocycles. The lowest BCUT2D eigenvalue weighted by molar-refractivity contribution is -0.144. The largest absolute Gasteiger partial charge is 0.469 e. The highest BCUT2D eigenvalue weighted by molar-refractivity contribution is 5.72. The van der Waals surface area contributed by atoms with Gasteiger partial charge in [0, 0.05) is 0 Å². The molecular weight excluding hydrogens is 140 g/mol. The fourth-order valence-electron chi connectivity index (χ4n) is 0.885. The van der Waals surface area contributed by atoms with E-state index in [9.17, 15) is 4.79 Å². The van der Waals surface area contributed by atoms with Crippen LogP contribution in [0.2, 0.25) is 0 Å². The average molecular weight is 156 g/mol. The van der Waals surface area contributed by atoms with E-state index in [2.05, 4.69) is 4.74 Å². The van der Waals surface area contributed by atoms with Gasteiger partial charge in [-0.1, -0.05) is 18.6 Å². The van der Waals surface area contributed by atoms with Crippen molar-refractivity contribution in [2.45, 2.75) is 27.2 Å². The van der Waals surface area contributed by atoms with E-state index in [0.29, 0.717) is 0 Å². The summed E-state index contributed by atoms with van der Waals surface area (Å²) in [6.45, 7) is 5.86. The third-order valence-corrected chi connectivity index (χ3v) is 1.72.